The number of hydrogen-bond acceptors (Lipinski definition) is 7. The SMILES string of the molecule is C=CCNC(=O)OC1=C(C)NC(C)=C(OC(=O)OC)C1c1ccccc1OCc1ccc(Cl)cc1. The Morgan fingerprint density at radius 1 is 1.06 bits per heavy atom. The lowest BCUT2D eigenvalue weighted by molar-refractivity contribution is 0.0887. The predicted molar refractivity (Wildman–Crippen MR) is 132 cm³/mol. The largest absolute Gasteiger partial charge is 0.513 e. The molecule has 0 saturated heterocycles. The van der Waals surface area contributed by atoms with E-state index >= 15 is 0 Å². The van der Waals surface area contributed by atoms with E-state index in [2.05, 4.69) is 17.2 Å². The van der Waals surface area contributed by atoms with Gasteiger partial charge in [-0.05, 0) is 37.6 Å². The maximum absolute atomic E-state index is 12.4. The average Bonchev–Trinajstić information content (AvgIpc) is 2.85. The fourth-order valence-corrected chi connectivity index (χ4v) is 3.65. The van der Waals surface area contributed by atoms with Gasteiger partial charge >= 0.3 is 12.2 Å². The lowest BCUT2D eigenvalue weighted by Gasteiger charge is -2.31. The highest BCUT2D eigenvalue weighted by atomic mass is 35.5. The van der Waals surface area contributed by atoms with E-state index < -0.39 is 18.2 Å². The van der Waals surface area contributed by atoms with Gasteiger partial charge in [0.05, 0.1) is 18.5 Å². The first-order valence-corrected chi connectivity index (χ1v) is 11.2. The molecule has 184 valence electrons. The second-order valence-corrected chi connectivity index (χ2v) is 8.04. The van der Waals surface area contributed by atoms with Gasteiger partial charge in [-0.25, -0.2) is 9.59 Å². The molecule has 2 aromatic carbocycles. The average molecular weight is 499 g/mol. The molecule has 1 unspecified atom stereocenters. The summed E-state index contributed by atoms with van der Waals surface area (Å²) in [7, 11) is 1.22. The van der Waals surface area contributed by atoms with E-state index in [1.807, 2.05) is 30.3 Å². The number of allylic oxidation sites excluding steroid dienone is 2. The number of halogens is 1. The van der Waals surface area contributed by atoms with Crippen LogP contribution in [-0.2, 0) is 20.8 Å². The van der Waals surface area contributed by atoms with Gasteiger partial charge in [-0.1, -0.05) is 48.0 Å². The second-order valence-electron chi connectivity index (χ2n) is 7.60. The number of dihydropyridines is 1. The van der Waals surface area contributed by atoms with Crippen molar-refractivity contribution in [2.24, 2.45) is 0 Å². The van der Waals surface area contributed by atoms with Gasteiger partial charge < -0.3 is 29.6 Å². The van der Waals surface area contributed by atoms with Crippen LogP contribution >= 0.6 is 11.6 Å². The van der Waals surface area contributed by atoms with Gasteiger partial charge in [-0.2, -0.15) is 0 Å². The monoisotopic (exact) mass is 498 g/mol. The molecule has 2 aromatic rings. The highest BCUT2D eigenvalue weighted by molar-refractivity contribution is 6.30. The number of benzene rings is 2. The molecule has 9 heteroatoms. The molecule has 0 radical (unpaired) electrons. The van der Waals surface area contributed by atoms with Crippen molar-refractivity contribution in [1.82, 2.24) is 10.6 Å². The zero-order valence-electron chi connectivity index (χ0n) is 19.7. The zero-order chi connectivity index (χ0) is 25.4. The third-order valence-corrected chi connectivity index (χ3v) is 5.38. The Balaban J connectivity index is 2.01. The molecule has 0 aliphatic carbocycles. The number of ether oxygens (including phenoxy) is 4. The Morgan fingerprint density at radius 2 is 1.71 bits per heavy atom. The summed E-state index contributed by atoms with van der Waals surface area (Å²) in [6, 6.07) is 14.6. The van der Waals surface area contributed by atoms with Crippen molar-refractivity contribution in [3.8, 4) is 5.75 Å². The Kier molecular flexibility index (Phi) is 8.80. The number of para-hydroxylation sites is 1. The Morgan fingerprint density at radius 3 is 2.37 bits per heavy atom. The molecule has 0 bridgehead atoms. The molecule has 1 aliphatic heterocycles. The van der Waals surface area contributed by atoms with Gasteiger partial charge in [0.25, 0.3) is 0 Å². The van der Waals surface area contributed by atoms with Gasteiger partial charge in [0, 0.05) is 17.1 Å². The number of carbonyl (C=O) groups is 2. The normalized spacial score (nSPS) is 15.1. The van der Waals surface area contributed by atoms with Crippen molar-refractivity contribution >= 4 is 23.8 Å². The molecule has 3 rings (SSSR count). The topological polar surface area (TPSA) is 95.1 Å². The fraction of sp³-hybridized carbons (Fsp3) is 0.231. The molecule has 1 atom stereocenters. The van der Waals surface area contributed by atoms with Crippen molar-refractivity contribution in [2.45, 2.75) is 26.4 Å². The summed E-state index contributed by atoms with van der Waals surface area (Å²) in [6.45, 7) is 7.60. The molecular weight excluding hydrogens is 472 g/mol. The molecule has 0 aromatic heterocycles. The number of carbonyl (C=O) groups excluding carboxylic acids is 2. The minimum Gasteiger partial charge on any atom is -0.489 e. The lowest BCUT2D eigenvalue weighted by atomic mass is 9.90. The van der Waals surface area contributed by atoms with E-state index in [0.717, 1.165) is 5.56 Å². The molecule has 0 spiro atoms. The molecule has 1 amide bonds. The highest BCUT2D eigenvalue weighted by Crippen LogP contribution is 2.43. The maximum atomic E-state index is 12.4. The number of rotatable bonds is 8. The van der Waals surface area contributed by atoms with Crippen LogP contribution in [0.4, 0.5) is 9.59 Å². The van der Waals surface area contributed by atoms with Crippen molar-refractivity contribution in [2.75, 3.05) is 13.7 Å². The summed E-state index contributed by atoms with van der Waals surface area (Å²) in [4.78, 5) is 24.5. The number of nitrogens with one attached hydrogen (secondary N) is 2. The van der Waals surface area contributed by atoms with E-state index in [1.165, 1.54) is 13.2 Å². The highest BCUT2D eigenvalue weighted by Gasteiger charge is 2.36. The van der Waals surface area contributed by atoms with Crippen molar-refractivity contribution in [1.29, 1.82) is 0 Å². The number of methoxy groups -OCH3 is 1. The smallest absolute Gasteiger partial charge is 0.489 e. The lowest BCUT2D eigenvalue weighted by Crippen LogP contribution is -2.32. The maximum Gasteiger partial charge on any atom is 0.513 e. The Labute approximate surface area is 209 Å². The molecule has 1 heterocycles. The third-order valence-electron chi connectivity index (χ3n) is 5.13. The minimum atomic E-state index is -0.902. The number of alkyl carbamates (subject to hydrolysis) is 1. The number of amides is 1. The van der Waals surface area contributed by atoms with Crippen molar-refractivity contribution < 1.29 is 28.5 Å². The van der Waals surface area contributed by atoms with Gasteiger partial charge in [0.15, 0.2) is 0 Å². The number of hydrogen-bond donors (Lipinski definition) is 2. The van der Waals surface area contributed by atoms with Gasteiger partial charge in [0.1, 0.15) is 29.8 Å². The van der Waals surface area contributed by atoms with E-state index in [9.17, 15) is 9.59 Å². The summed E-state index contributed by atoms with van der Waals surface area (Å²) < 4.78 is 22.0. The van der Waals surface area contributed by atoms with Crippen LogP contribution in [-0.4, -0.2) is 25.9 Å². The molecule has 0 fully saturated rings. The standard InChI is InChI=1S/C26H27ClN2O6/c1-5-14-28-25(30)34-23-16(2)29-17(3)24(35-26(31)32-4)22(23)20-8-6-7-9-21(20)33-15-18-10-12-19(27)13-11-18/h5-13,22,29H,1,14-15H2,2-4H3,(H,28,30). The van der Waals surface area contributed by atoms with Gasteiger partial charge in [-0.3, -0.25) is 0 Å². The zero-order valence-corrected chi connectivity index (χ0v) is 20.5. The molecule has 8 nitrogen and oxygen atoms in total. The molecular formula is C26H27ClN2O6. The predicted octanol–water partition coefficient (Wildman–Crippen LogP) is 5.76. The molecule has 2 N–H and O–H groups in total. The van der Waals surface area contributed by atoms with Crippen molar-refractivity contribution in [3.05, 3.63) is 100 Å². The molecule has 35 heavy (non-hydrogen) atoms. The van der Waals surface area contributed by atoms with E-state index in [1.54, 1.807) is 32.0 Å². The molecule has 0 saturated carbocycles. The quantitative estimate of drug-likeness (QED) is 0.352. The summed E-state index contributed by atoms with van der Waals surface area (Å²) >= 11 is 5.98. The summed E-state index contributed by atoms with van der Waals surface area (Å²) in [5, 5.41) is 6.32. The first-order valence-electron chi connectivity index (χ1n) is 10.8. The van der Waals surface area contributed by atoms with Crippen LogP contribution < -0.4 is 15.4 Å². The summed E-state index contributed by atoms with van der Waals surface area (Å²) in [5.41, 5.74) is 2.68. The molecule has 1 aliphatic rings. The van der Waals surface area contributed by atoms with Crippen LogP contribution in [0, 0.1) is 0 Å². The van der Waals surface area contributed by atoms with Crippen molar-refractivity contribution in [3.63, 3.8) is 0 Å². The van der Waals surface area contributed by atoms with Gasteiger partial charge in [-0.15, -0.1) is 6.58 Å². The van der Waals surface area contributed by atoms with Gasteiger partial charge in [0.2, 0.25) is 0 Å². The first-order chi connectivity index (χ1) is 16.8. The minimum absolute atomic E-state index is 0.219. The van der Waals surface area contributed by atoms with Crippen LogP contribution in [0.5, 0.6) is 5.75 Å². The van der Waals surface area contributed by atoms with Crippen LogP contribution in [0.2, 0.25) is 5.02 Å². The van der Waals surface area contributed by atoms with E-state index in [4.69, 9.17) is 30.5 Å². The Bertz CT molecular complexity index is 1160. The van der Waals surface area contributed by atoms with Crippen LogP contribution in [0.1, 0.15) is 30.9 Å². The van der Waals surface area contributed by atoms with Crippen LogP contribution in [0.3, 0.4) is 0 Å². The second kappa shape index (κ2) is 12.0. The van der Waals surface area contributed by atoms with E-state index in [-0.39, 0.29) is 24.7 Å². The summed E-state index contributed by atoms with van der Waals surface area (Å²) in [6.07, 6.45) is -0.0437. The fourth-order valence-electron chi connectivity index (χ4n) is 3.53. The summed E-state index contributed by atoms with van der Waals surface area (Å²) in [5.74, 6) is 0.217. The van der Waals surface area contributed by atoms with Crippen LogP contribution in [0.25, 0.3) is 0 Å². The third kappa shape index (κ3) is 6.58. The van der Waals surface area contributed by atoms with Crippen LogP contribution in [0.15, 0.2) is 84.1 Å². The first kappa shape index (κ1) is 25.7. The Hall–Kier alpha value is -3.91. The van der Waals surface area contributed by atoms with E-state index in [0.29, 0.717) is 27.7 Å².